The molecule has 2 aromatic rings. The number of fused-ring (bicyclic) bond motifs is 1. The molecule has 7 heteroatoms. The number of anilines is 1. The molecule has 2 heterocycles. The Hall–Kier alpha value is -1.40. The van der Waals surface area contributed by atoms with Gasteiger partial charge >= 0.3 is 5.97 Å². The quantitative estimate of drug-likeness (QED) is 0.644. The normalized spacial score (nSPS) is 10.8. The van der Waals surface area contributed by atoms with Gasteiger partial charge in [0.25, 0.3) is 0 Å². The van der Waals surface area contributed by atoms with Crippen LogP contribution in [0.2, 0.25) is 5.28 Å². The molecule has 0 atom stereocenters. The number of aromatic nitrogens is 2. The van der Waals surface area contributed by atoms with E-state index in [1.807, 2.05) is 25.9 Å². The van der Waals surface area contributed by atoms with Gasteiger partial charge in [0.2, 0.25) is 5.28 Å². The predicted octanol–water partition coefficient (Wildman–Crippen LogP) is 2.90. The van der Waals surface area contributed by atoms with Crippen molar-refractivity contribution in [1.29, 1.82) is 0 Å². The van der Waals surface area contributed by atoms with Crippen molar-refractivity contribution in [2.45, 2.75) is 13.8 Å². The fourth-order valence-electron chi connectivity index (χ4n) is 1.81. The van der Waals surface area contributed by atoms with Crippen molar-refractivity contribution in [3.63, 3.8) is 0 Å². The van der Waals surface area contributed by atoms with Crippen LogP contribution in [0.5, 0.6) is 0 Å². The molecule has 0 saturated heterocycles. The van der Waals surface area contributed by atoms with Crippen molar-refractivity contribution in [2.75, 3.05) is 25.6 Å². The maximum Gasteiger partial charge on any atom is 0.348 e. The van der Waals surface area contributed by atoms with Gasteiger partial charge in [-0.05, 0) is 31.0 Å². The zero-order valence-corrected chi connectivity index (χ0v) is 12.7. The summed E-state index contributed by atoms with van der Waals surface area (Å²) in [4.78, 5) is 23.4. The lowest BCUT2D eigenvalue weighted by Crippen LogP contribution is -2.12. The largest absolute Gasteiger partial charge is 0.462 e. The molecule has 102 valence electrons. The number of aryl methyl sites for hydroxylation is 1. The minimum atomic E-state index is -0.330. The predicted molar refractivity (Wildman–Crippen MR) is 77.4 cm³/mol. The molecular formula is C12H14ClN3O2S. The molecule has 0 radical (unpaired) electrons. The third-order valence-corrected chi connectivity index (χ3v) is 3.96. The van der Waals surface area contributed by atoms with E-state index < -0.39 is 0 Å². The number of ether oxygens (including phenoxy) is 1. The molecule has 19 heavy (non-hydrogen) atoms. The number of carbonyl (C=O) groups excluding carboxylic acids is 1. The molecule has 0 aliphatic carbocycles. The summed E-state index contributed by atoms with van der Waals surface area (Å²) in [7, 11) is 3.75. The van der Waals surface area contributed by atoms with E-state index in [-0.39, 0.29) is 11.3 Å². The number of esters is 1. The Kier molecular flexibility index (Phi) is 3.91. The molecule has 0 fully saturated rings. The number of rotatable bonds is 3. The topological polar surface area (TPSA) is 55.3 Å². The molecule has 2 aromatic heterocycles. The first-order valence-electron chi connectivity index (χ1n) is 5.76. The van der Waals surface area contributed by atoms with Crippen molar-refractivity contribution >= 4 is 44.9 Å². The maximum absolute atomic E-state index is 11.9. The minimum Gasteiger partial charge on any atom is -0.462 e. The van der Waals surface area contributed by atoms with Crippen LogP contribution in [-0.4, -0.2) is 36.6 Å². The highest BCUT2D eigenvalue weighted by Crippen LogP contribution is 2.35. The molecule has 0 aliphatic rings. The fraction of sp³-hybridized carbons (Fsp3) is 0.417. The summed E-state index contributed by atoms with van der Waals surface area (Å²) in [5.41, 5.74) is 0.832. The van der Waals surface area contributed by atoms with Crippen LogP contribution in [0.1, 0.15) is 22.2 Å². The van der Waals surface area contributed by atoms with Crippen LogP contribution in [0.25, 0.3) is 10.2 Å². The highest BCUT2D eigenvalue weighted by molar-refractivity contribution is 7.20. The van der Waals surface area contributed by atoms with E-state index in [4.69, 9.17) is 16.3 Å². The van der Waals surface area contributed by atoms with Gasteiger partial charge in [0.15, 0.2) is 0 Å². The van der Waals surface area contributed by atoms with E-state index in [0.717, 1.165) is 10.9 Å². The Balaban J connectivity index is 2.69. The summed E-state index contributed by atoms with van der Waals surface area (Å²) in [6.07, 6.45) is 0. The number of thiophene rings is 1. The summed E-state index contributed by atoms with van der Waals surface area (Å²) in [6, 6.07) is 0. The Morgan fingerprint density at radius 1 is 1.42 bits per heavy atom. The fourth-order valence-corrected chi connectivity index (χ4v) is 3.09. The second-order valence-corrected chi connectivity index (χ2v) is 5.50. The van der Waals surface area contributed by atoms with Crippen molar-refractivity contribution in [3.05, 3.63) is 15.7 Å². The summed E-state index contributed by atoms with van der Waals surface area (Å²) in [5, 5.41) is 1.02. The standard InChI is InChI=1S/C12H14ClN3O2S/c1-5-18-11(17)8-6(2)7-9(16(3)4)14-12(13)15-10(7)19-8/h5H2,1-4H3. The van der Waals surface area contributed by atoms with Crippen molar-refractivity contribution in [1.82, 2.24) is 9.97 Å². The second kappa shape index (κ2) is 5.30. The van der Waals surface area contributed by atoms with Crippen LogP contribution in [0, 0.1) is 6.92 Å². The first-order chi connectivity index (χ1) is 8.95. The molecule has 0 saturated carbocycles. The SMILES string of the molecule is CCOC(=O)c1sc2nc(Cl)nc(N(C)C)c2c1C. The van der Waals surface area contributed by atoms with Gasteiger partial charge in [-0.25, -0.2) is 9.78 Å². The summed E-state index contributed by atoms with van der Waals surface area (Å²) in [5.74, 6) is 0.378. The van der Waals surface area contributed by atoms with Crippen LogP contribution < -0.4 is 4.90 Å². The Morgan fingerprint density at radius 2 is 2.11 bits per heavy atom. The lowest BCUT2D eigenvalue weighted by atomic mass is 10.2. The Morgan fingerprint density at radius 3 is 2.68 bits per heavy atom. The number of nitrogens with zero attached hydrogens (tertiary/aromatic N) is 3. The maximum atomic E-state index is 11.9. The average Bonchev–Trinajstić information content (AvgIpc) is 2.66. The highest BCUT2D eigenvalue weighted by atomic mass is 35.5. The van der Waals surface area contributed by atoms with Crippen LogP contribution in [0.4, 0.5) is 5.82 Å². The van der Waals surface area contributed by atoms with Gasteiger partial charge < -0.3 is 9.64 Å². The number of carbonyl (C=O) groups is 1. The Bertz CT molecular complexity index is 639. The molecular weight excluding hydrogens is 286 g/mol. The van der Waals surface area contributed by atoms with Gasteiger partial charge in [0.05, 0.1) is 12.0 Å². The van der Waals surface area contributed by atoms with Gasteiger partial charge in [-0.1, -0.05) is 0 Å². The Labute approximate surface area is 120 Å². The van der Waals surface area contributed by atoms with E-state index in [0.29, 0.717) is 22.1 Å². The molecule has 0 amide bonds. The van der Waals surface area contributed by atoms with Crippen LogP contribution >= 0.6 is 22.9 Å². The molecule has 0 N–H and O–H groups in total. The van der Waals surface area contributed by atoms with Gasteiger partial charge in [-0.15, -0.1) is 11.3 Å². The molecule has 0 spiro atoms. The van der Waals surface area contributed by atoms with Gasteiger partial charge in [-0.3, -0.25) is 0 Å². The van der Waals surface area contributed by atoms with E-state index in [1.165, 1.54) is 11.3 Å². The van der Waals surface area contributed by atoms with Crippen molar-refractivity contribution in [2.24, 2.45) is 0 Å². The number of hydrogen-bond donors (Lipinski definition) is 0. The zero-order valence-electron chi connectivity index (χ0n) is 11.2. The minimum absolute atomic E-state index is 0.174. The zero-order chi connectivity index (χ0) is 14.2. The lowest BCUT2D eigenvalue weighted by Gasteiger charge is -2.12. The molecule has 2 rings (SSSR count). The summed E-state index contributed by atoms with van der Waals surface area (Å²) < 4.78 is 5.05. The third kappa shape index (κ3) is 2.50. The van der Waals surface area contributed by atoms with E-state index in [9.17, 15) is 4.79 Å². The third-order valence-electron chi connectivity index (χ3n) is 2.63. The van der Waals surface area contributed by atoms with Gasteiger partial charge in [0.1, 0.15) is 15.5 Å². The molecule has 5 nitrogen and oxygen atoms in total. The van der Waals surface area contributed by atoms with Gasteiger partial charge in [-0.2, -0.15) is 4.98 Å². The van der Waals surface area contributed by atoms with E-state index in [2.05, 4.69) is 9.97 Å². The summed E-state index contributed by atoms with van der Waals surface area (Å²) >= 11 is 7.19. The van der Waals surface area contributed by atoms with Crippen LogP contribution in [0.3, 0.4) is 0 Å². The van der Waals surface area contributed by atoms with Crippen LogP contribution in [-0.2, 0) is 4.74 Å². The molecule has 0 aliphatic heterocycles. The van der Waals surface area contributed by atoms with Crippen LogP contribution in [0.15, 0.2) is 0 Å². The first kappa shape index (κ1) is 14.0. The first-order valence-corrected chi connectivity index (χ1v) is 6.96. The average molecular weight is 300 g/mol. The van der Waals surface area contributed by atoms with Crippen molar-refractivity contribution in [3.8, 4) is 0 Å². The highest BCUT2D eigenvalue weighted by Gasteiger charge is 2.21. The second-order valence-electron chi connectivity index (χ2n) is 4.17. The van der Waals surface area contributed by atoms with Gasteiger partial charge in [0, 0.05) is 14.1 Å². The smallest absolute Gasteiger partial charge is 0.348 e. The lowest BCUT2D eigenvalue weighted by molar-refractivity contribution is 0.0531. The molecule has 0 unspecified atom stereocenters. The monoisotopic (exact) mass is 299 g/mol. The molecule has 0 aromatic carbocycles. The van der Waals surface area contributed by atoms with E-state index >= 15 is 0 Å². The summed E-state index contributed by atoms with van der Waals surface area (Å²) in [6.45, 7) is 4.00. The number of halogens is 1. The van der Waals surface area contributed by atoms with E-state index in [1.54, 1.807) is 6.92 Å². The molecule has 0 bridgehead atoms. The van der Waals surface area contributed by atoms with Crippen molar-refractivity contribution < 1.29 is 9.53 Å². The number of hydrogen-bond acceptors (Lipinski definition) is 6.